The first-order valence-corrected chi connectivity index (χ1v) is 6.38. The van der Waals surface area contributed by atoms with Crippen LogP contribution in [-0.2, 0) is 4.74 Å². The fourth-order valence-electron chi connectivity index (χ4n) is 2.28. The summed E-state index contributed by atoms with van der Waals surface area (Å²) < 4.78 is 5.56. The quantitative estimate of drug-likeness (QED) is 0.622. The molecule has 2 rings (SSSR count). The SMILES string of the molecule is NC1CCC(CNCCOCC2CC2)C1. The lowest BCUT2D eigenvalue weighted by Gasteiger charge is -2.11. The van der Waals surface area contributed by atoms with Crippen molar-refractivity contribution in [2.24, 2.45) is 17.6 Å². The minimum Gasteiger partial charge on any atom is -0.380 e. The van der Waals surface area contributed by atoms with Crippen molar-refractivity contribution in [2.45, 2.75) is 38.1 Å². The number of nitrogens with two attached hydrogens (primary N) is 1. The molecule has 2 saturated carbocycles. The van der Waals surface area contributed by atoms with Crippen LogP contribution in [0.5, 0.6) is 0 Å². The zero-order valence-corrected chi connectivity index (χ0v) is 9.58. The van der Waals surface area contributed by atoms with E-state index in [0.717, 1.165) is 38.1 Å². The molecule has 0 heterocycles. The minimum atomic E-state index is 0.461. The second-order valence-electron chi connectivity index (χ2n) is 5.16. The molecule has 0 aliphatic heterocycles. The molecule has 2 unspecified atom stereocenters. The van der Waals surface area contributed by atoms with Crippen LogP contribution < -0.4 is 11.1 Å². The third-order valence-electron chi connectivity index (χ3n) is 3.49. The highest BCUT2D eigenvalue weighted by molar-refractivity contribution is 4.78. The van der Waals surface area contributed by atoms with Gasteiger partial charge in [-0.2, -0.15) is 0 Å². The van der Waals surface area contributed by atoms with Crippen LogP contribution in [0.25, 0.3) is 0 Å². The summed E-state index contributed by atoms with van der Waals surface area (Å²) in [6, 6.07) is 0.461. The van der Waals surface area contributed by atoms with Gasteiger partial charge in [0.25, 0.3) is 0 Å². The van der Waals surface area contributed by atoms with Gasteiger partial charge in [-0.05, 0) is 50.5 Å². The van der Waals surface area contributed by atoms with Crippen LogP contribution in [0, 0.1) is 11.8 Å². The van der Waals surface area contributed by atoms with Crippen molar-refractivity contribution >= 4 is 0 Å². The molecule has 0 aromatic carbocycles. The van der Waals surface area contributed by atoms with E-state index in [1.807, 2.05) is 0 Å². The Morgan fingerprint density at radius 2 is 1.93 bits per heavy atom. The normalized spacial score (nSPS) is 31.0. The summed E-state index contributed by atoms with van der Waals surface area (Å²) in [6.45, 7) is 3.98. The van der Waals surface area contributed by atoms with Crippen molar-refractivity contribution in [1.29, 1.82) is 0 Å². The van der Waals surface area contributed by atoms with E-state index in [1.54, 1.807) is 0 Å². The Labute approximate surface area is 92.7 Å². The Bertz CT molecular complexity index is 182. The topological polar surface area (TPSA) is 47.3 Å². The fourth-order valence-corrected chi connectivity index (χ4v) is 2.28. The van der Waals surface area contributed by atoms with Crippen LogP contribution in [0.1, 0.15) is 32.1 Å². The first-order chi connectivity index (χ1) is 7.34. The van der Waals surface area contributed by atoms with Crippen molar-refractivity contribution in [3.63, 3.8) is 0 Å². The van der Waals surface area contributed by atoms with Crippen LogP contribution in [-0.4, -0.2) is 32.3 Å². The van der Waals surface area contributed by atoms with Gasteiger partial charge in [0.2, 0.25) is 0 Å². The van der Waals surface area contributed by atoms with Gasteiger partial charge in [-0.1, -0.05) is 0 Å². The zero-order valence-electron chi connectivity index (χ0n) is 9.58. The number of hydrogen-bond acceptors (Lipinski definition) is 3. The molecule has 0 aromatic rings. The van der Waals surface area contributed by atoms with Gasteiger partial charge in [-0.25, -0.2) is 0 Å². The molecule has 0 radical (unpaired) electrons. The summed E-state index contributed by atoms with van der Waals surface area (Å²) in [6.07, 6.45) is 6.48. The van der Waals surface area contributed by atoms with Crippen molar-refractivity contribution in [3.8, 4) is 0 Å². The second kappa shape index (κ2) is 5.83. The minimum absolute atomic E-state index is 0.461. The lowest BCUT2D eigenvalue weighted by Crippen LogP contribution is -2.26. The lowest BCUT2D eigenvalue weighted by molar-refractivity contribution is 0.125. The molecule has 3 nitrogen and oxygen atoms in total. The summed E-state index contributed by atoms with van der Waals surface area (Å²) in [7, 11) is 0. The summed E-state index contributed by atoms with van der Waals surface area (Å²) in [5.41, 5.74) is 5.86. The van der Waals surface area contributed by atoms with Gasteiger partial charge in [-0.15, -0.1) is 0 Å². The molecule has 2 aliphatic rings. The molecule has 3 N–H and O–H groups in total. The summed E-state index contributed by atoms with van der Waals surface area (Å²) in [4.78, 5) is 0. The molecule has 3 heteroatoms. The van der Waals surface area contributed by atoms with E-state index in [0.29, 0.717) is 6.04 Å². The lowest BCUT2D eigenvalue weighted by atomic mass is 10.1. The number of ether oxygens (including phenoxy) is 1. The molecule has 88 valence electrons. The number of nitrogens with one attached hydrogen (secondary N) is 1. The maximum atomic E-state index is 5.86. The van der Waals surface area contributed by atoms with E-state index >= 15 is 0 Å². The third kappa shape index (κ3) is 4.49. The van der Waals surface area contributed by atoms with Gasteiger partial charge >= 0.3 is 0 Å². The van der Waals surface area contributed by atoms with Gasteiger partial charge in [0.05, 0.1) is 6.61 Å². The van der Waals surface area contributed by atoms with Gasteiger partial charge in [0.1, 0.15) is 0 Å². The zero-order chi connectivity index (χ0) is 10.5. The number of hydrogen-bond donors (Lipinski definition) is 2. The highest BCUT2D eigenvalue weighted by Crippen LogP contribution is 2.28. The Kier molecular flexibility index (Phi) is 4.42. The predicted octanol–water partition coefficient (Wildman–Crippen LogP) is 1.13. The molecular formula is C12H24N2O. The molecular weight excluding hydrogens is 188 g/mol. The van der Waals surface area contributed by atoms with Crippen LogP contribution in [0.4, 0.5) is 0 Å². The Hall–Kier alpha value is -0.120. The van der Waals surface area contributed by atoms with Crippen molar-refractivity contribution in [1.82, 2.24) is 5.32 Å². The fraction of sp³-hybridized carbons (Fsp3) is 1.00. The summed E-state index contributed by atoms with van der Waals surface area (Å²) in [5.74, 6) is 1.70. The number of rotatable bonds is 7. The highest BCUT2D eigenvalue weighted by Gasteiger charge is 2.21. The maximum Gasteiger partial charge on any atom is 0.0591 e. The largest absolute Gasteiger partial charge is 0.380 e. The van der Waals surface area contributed by atoms with E-state index in [4.69, 9.17) is 10.5 Å². The van der Waals surface area contributed by atoms with Gasteiger partial charge in [0.15, 0.2) is 0 Å². The monoisotopic (exact) mass is 212 g/mol. The molecule has 15 heavy (non-hydrogen) atoms. The molecule has 0 saturated heterocycles. The Balaban J connectivity index is 1.38. The molecule has 2 aliphatic carbocycles. The standard InChI is InChI=1S/C12H24N2O/c13-12-4-3-11(7-12)8-14-5-6-15-9-10-1-2-10/h10-12,14H,1-9,13H2. The van der Waals surface area contributed by atoms with E-state index in [-0.39, 0.29) is 0 Å². The van der Waals surface area contributed by atoms with Crippen LogP contribution >= 0.6 is 0 Å². The first-order valence-electron chi connectivity index (χ1n) is 6.38. The second-order valence-corrected chi connectivity index (χ2v) is 5.16. The Morgan fingerprint density at radius 1 is 1.13 bits per heavy atom. The molecule has 0 amide bonds. The molecule has 0 aromatic heterocycles. The van der Waals surface area contributed by atoms with Crippen molar-refractivity contribution in [3.05, 3.63) is 0 Å². The van der Waals surface area contributed by atoms with Crippen LogP contribution in [0.2, 0.25) is 0 Å². The summed E-state index contributed by atoms with van der Waals surface area (Å²) in [5, 5.41) is 3.46. The van der Waals surface area contributed by atoms with E-state index < -0.39 is 0 Å². The predicted molar refractivity (Wildman–Crippen MR) is 61.7 cm³/mol. The molecule has 2 fully saturated rings. The summed E-state index contributed by atoms with van der Waals surface area (Å²) >= 11 is 0. The van der Waals surface area contributed by atoms with Crippen molar-refractivity contribution < 1.29 is 4.74 Å². The molecule has 0 spiro atoms. The third-order valence-corrected chi connectivity index (χ3v) is 3.49. The average Bonchev–Trinajstić information content (AvgIpc) is 2.95. The Morgan fingerprint density at radius 3 is 2.60 bits per heavy atom. The average molecular weight is 212 g/mol. The van der Waals surface area contributed by atoms with Crippen LogP contribution in [0.15, 0.2) is 0 Å². The highest BCUT2D eigenvalue weighted by atomic mass is 16.5. The molecule has 0 bridgehead atoms. The van der Waals surface area contributed by atoms with Gasteiger partial charge in [-0.3, -0.25) is 0 Å². The first kappa shape index (κ1) is 11.4. The van der Waals surface area contributed by atoms with E-state index in [2.05, 4.69) is 5.32 Å². The maximum absolute atomic E-state index is 5.86. The van der Waals surface area contributed by atoms with Gasteiger partial charge < -0.3 is 15.8 Å². The van der Waals surface area contributed by atoms with Crippen LogP contribution in [0.3, 0.4) is 0 Å². The molecule has 2 atom stereocenters. The van der Waals surface area contributed by atoms with Crippen molar-refractivity contribution in [2.75, 3.05) is 26.3 Å². The van der Waals surface area contributed by atoms with Gasteiger partial charge in [0, 0.05) is 19.2 Å². The smallest absolute Gasteiger partial charge is 0.0591 e. The van der Waals surface area contributed by atoms with E-state index in [9.17, 15) is 0 Å². The van der Waals surface area contributed by atoms with E-state index in [1.165, 1.54) is 32.1 Å².